The Labute approximate surface area is 170 Å². The molecule has 146 valence electrons. The van der Waals surface area contributed by atoms with Gasteiger partial charge in [-0.15, -0.1) is 11.8 Å². The number of hydrogen-bond donors (Lipinski definition) is 1. The maximum atomic E-state index is 12.9. The molecule has 6 heteroatoms. The first-order chi connectivity index (χ1) is 13.5. The van der Waals surface area contributed by atoms with Crippen LogP contribution in [0.5, 0.6) is 0 Å². The van der Waals surface area contributed by atoms with Crippen molar-refractivity contribution >= 4 is 17.7 Å². The molecule has 1 aliphatic rings. The lowest BCUT2D eigenvalue weighted by molar-refractivity contribution is 0.0651. The molecule has 1 amide bonds. The Kier molecular flexibility index (Phi) is 6.71. The van der Waals surface area contributed by atoms with Gasteiger partial charge in [0.25, 0.3) is 5.91 Å². The Bertz CT molecular complexity index is 901. The molecular weight excluding hydrogens is 370 g/mol. The molecule has 1 heterocycles. The summed E-state index contributed by atoms with van der Waals surface area (Å²) in [6.45, 7) is 4.89. The van der Waals surface area contributed by atoms with E-state index in [1.165, 1.54) is 11.8 Å². The molecule has 1 aromatic heterocycles. The molecule has 2 aromatic rings. The van der Waals surface area contributed by atoms with E-state index in [4.69, 9.17) is 4.74 Å². The van der Waals surface area contributed by atoms with Gasteiger partial charge in [0.15, 0.2) is 0 Å². The standard InChI is InChI=1S/C22H25N3O2S/c1-14(2)27-13-17-7-5-4-6-16(17)12-24-21(26)18-10-20(15-8-9-15)25-22(28-3)19(18)11-23/h4-7,10,14-15H,8-9,12-13H2,1-3H3,(H,24,26). The first kappa shape index (κ1) is 20.4. The van der Waals surface area contributed by atoms with E-state index in [0.717, 1.165) is 29.7 Å². The molecule has 1 saturated carbocycles. The minimum atomic E-state index is -0.240. The number of carbonyl (C=O) groups is 1. The monoisotopic (exact) mass is 395 g/mol. The minimum absolute atomic E-state index is 0.142. The summed E-state index contributed by atoms with van der Waals surface area (Å²) in [4.78, 5) is 17.5. The number of nitrogens with one attached hydrogen (secondary N) is 1. The minimum Gasteiger partial charge on any atom is -0.374 e. The van der Waals surface area contributed by atoms with Gasteiger partial charge in [-0.1, -0.05) is 24.3 Å². The van der Waals surface area contributed by atoms with Crippen LogP contribution in [0.25, 0.3) is 0 Å². The van der Waals surface area contributed by atoms with Gasteiger partial charge in [-0.3, -0.25) is 4.79 Å². The highest BCUT2D eigenvalue weighted by Crippen LogP contribution is 2.40. The summed E-state index contributed by atoms with van der Waals surface area (Å²) >= 11 is 1.41. The molecule has 0 saturated heterocycles. The number of pyridine rings is 1. The van der Waals surface area contributed by atoms with Gasteiger partial charge >= 0.3 is 0 Å². The molecule has 1 N–H and O–H groups in total. The van der Waals surface area contributed by atoms with Crippen molar-refractivity contribution in [2.75, 3.05) is 6.26 Å². The van der Waals surface area contributed by atoms with Crippen molar-refractivity contribution in [1.29, 1.82) is 5.26 Å². The zero-order chi connectivity index (χ0) is 20.1. The number of hydrogen-bond acceptors (Lipinski definition) is 5. The molecule has 0 aliphatic heterocycles. The van der Waals surface area contributed by atoms with Gasteiger partial charge in [-0.2, -0.15) is 5.26 Å². The topological polar surface area (TPSA) is 75.0 Å². The molecule has 3 rings (SSSR count). The van der Waals surface area contributed by atoms with Crippen molar-refractivity contribution in [1.82, 2.24) is 10.3 Å². The molecule has 1 fully saturated rings. The third kappa shape index (κ3) is 4.92. The fourth-order valence-electron chi connectivity index (χ4n) is 2.96. The third-order valence-corrected chi connectivity index (χ3v) is 5.36. The number of ether oxygens (including phenoxy) is 1. The van der Waals surface area contributed by atoms with Crippen LogP contribution in [-0.4, -0.2) is 23.3 Å². The van der Waals surface area contributed by atoms with E-state index in [0.29, 0.717) is 35.2 Å². The SMILES string of the molecule is CSc1nc(C2CC2)cc(C(=O)NCc2ccccc2COC(C)C)c1C#N. The van der Waals surface area contributed by atoms with Crippen molar-refractivity contribution in [3.05, 3.63) is 58.3 Å². The number of benzene rings is 1. The molecule has 0 unspecified atom stereocenters. The summed E-state index contributed by atoms with van der Waals surface area (Å²) < 4.78 is 5.71. The summed E-state index contributed by atoms with van der Waals surface area (Å²) in [5.74, 6) is 0.176. The molecule has 0 bridgehead atoms. The zero-order valence-corrected chi connectivity index (χ0v) is 17.3. The zero-order valence-electron chi connectivity index (χ0n) is 16.5. The smallest absolute Gasteiger partial charge is 0.253 e. The van der Waals surface area contributed by atoms with E-state index in [2.05, 4.69) is 16.4 Å². The number of carbonyl (C=O) groups excluding carboxylic acids is 1. The maximum Gasteiger partial charge on any atom is 0.253 e. The number of nitrogens with zero attached hydrogens (tertiary/aromatic N) is 2. The summed E-state index contributed by atoms with van der Waals surface area (Å²) in [6.07, 6.45) is 4.21. The van der Waals surface area contributed by atoms with E-state index in [9.17, 15) is 10.1 Å². The van der Waals surface area contributed by atoms with Gasteiger partial charge in [-0.05, 0) is 50.1 Å². The number of nitriles is 1. The van der Waals surface area contributed by atoms with Gasteiger partial charge < -0.3 is 10.1 Å². The highest BCUT2D eigenvalue weighted by molar-refractivity contribution is 7.98. The second-order valence-electron chi connectivity index (χ2n) is 7.18. The number of aromatic nitrogens is 1. The first-order valence-electron chi connectivity index (χ1n) is 9.49. The second-order valence-corrected chi connectivity index (χ2v) is 7.97. The summed E-state index contributed by atoms with van der Waals surface area (Å²) in [5.41, 5.74) is 3.75. The number of thioether (sulfide) groups is 1. The van der Waals surface area contributed by atoms with Gasteiger partial charge in [-0.25, -0.2) is 4.98 Å². The summed E-state index contributed by atoms with van der Waals surface area (Å²) in [6, 6.07) is 11.9. The molecule has 5 nitrogen and oxygen atoms in total. The normalized spacial score (nSPS) is 13.4. The highest BCUT2D eigenvalue weighted by atomic mass is 32.2. The predicted molar refractivity (Wildman–Crippen MR) is 110 cm³/mol. The van der Waals surface area contributed by atoms with E-state index in [-0.39, 0.29) is 12.0 Å². The van der Waals surface area contributed by atoms with E-state index in [1.54, 1.807) is 6.07 Å². The lowest BCUT2D eigenvalue weighted by atomic mass is 10.1. The van der Waals surface area contributed by atoms with Crippen LogP contribution in [0.1, 0.15) is 65.3 Å². The molecule has 1 aromatic carbocycles. The van der Waals surface area contributed by atoms with Crippen LogP contribution in [0, 0.1) is 11.3 Å². The lowest BCUT2D eigenvalue weighted by Gasteiger charge is -2.14. The van der Waals surface area contributed by atoms with Gasteiger partial charge in [0.2, 0.25) is 0 Å². The molecule has 0 radical (unpaired) electrons. The van der Waals surface area contributed by atoms with Crippen molar-refractivity contribution in [3.63, 3.8) is 0 Å². The number of amides is 1. The van der Waals surface area contributed by atoms with Crippen LogP contribution in [0.3, 0.4) is 0 Å². The fraction of sp³-hybridized carbons (Fsp3) is 0.409. The Morgan fingerprint density at radius 1 is 1.36 bits per heavy atom. The Balaban J connectivity index is 1.79. The molecular formula is C22H25N3O2S. The van der Waals surface area contributed by atoms with Crippen molar-refractivity contribution in [3.8, 4) is 6.07 Å². The fourth-order valence-corrected chi connectivity index (χ4v) is 3.52. The lowest BCUT2D eigenvalue weighted by Crippen LogP contribution is -2.25. The van der Waals surface area contributed by atoms with E-state index in [1.807, 2.05) is 44.4 Å². The third-order valence-electron chi connectivity index (χ3n) is 4.68. The van der Waals surface area contributed by atoms with Gasteiger partial charge in [0.05, 0.1) is 23.8 Å². The van der Waals surface area contributed by atoms with Crippen molar-refractivity contribution < 1.29 is 9.53 Å². The van der Waals surface area contributed by atoms with Crippen LogP contribution in [-0.2, 0) is 17.9 Å². The maximum absolute atomic E-state index is 12.9. The van der Waals surface area contributed by atoms with Crippen LogP contribution in [0.15, 0.2) is 35.4 Å². The van der Waals surface area contributed by atoms with Gasteiger partial charge in [0, 0.05) is 18.2 Å². The Morgan fingerprint density at radius 3 is 2.68 bits per heavy atom. The molecule has 28 heavy (non-hydrogen) atoms. The average molecular weight is 396 g/mol. The van der Waals surface area contributed by atoms with E-state index >= 15 is 0 Å². The highest BCUT2D eigenvalue weighted by Gasteiger charge is 2.28. The average Bonchev–Trinajstić information content (AvgIpc) is 3.55. The Morgan fingerprint density at radius 2 is 2.07 bits per heavy atom. The van der Waals surface area contributed by atoms with Crippen LogP contribution in [0.2, 0.25) is 0 Å². The quantitative estimate of drug-likeness (QED) is 0.670. The van der Waals surface area contributed by atoms with Gasteiger partial charge in [0.1, 0.15) is 11.1 Å². The largest absolute Gasteiger partial charge is 0.374 e. The van der Waals surface area contributed by atoms with Crippen molar-refractivity contribution in [2.45, 2.75) is 56.9 Å². The number of rotatable bonds is 8. The molecule has 1 aliphatic carbocycles. The van der Waals surface area contributed by atoms with E-state index < -0.39 is 0 Å². The first-order valence-corrected chi connectivity index (χ1v) is 10.7. The predicted octanol–water partition coefficient (Wildman–Crippen LogP) is 4.41. The van der Waals surface area contributed by atoms with Crippen molar-refractivity contribution in [2.24, 2.45) is 0 Å². The molecule has 0 atom stereocenters. The van der Waals surface area contributed by atoms with Crippen LogP contribution < -0.4 is 5.32 Å². The Hall–Kier alpha value is -2.36. The summed E-state index contributed by atoms with van der Waals surface area (Å²) in [7, 11) is 0. The summed E-state index contributed by atoms with van der Waals surface area (Å²) in [5, 5.41) is 13.2. The van der Waals surface area contributed by atoms with Crippen LogP contribution in [0.4, 0.5) is 0 Å². The van der Waals surface area contributed by atoms with Crippen LogP contribution >= 0.6 is 11.8 Å². The second kappa shape index (κ2) is 9.22. The molecule has 0 spiro atoms.